The van der Waals surface area contributed by atoms with Gasteiger partial charge in [-0.05, 0) is 42.0 Å². The molecule has 41 heavy (non-hydrogen) atoms. The standard InChI is InChI=1S/C39H28N2/c1-3-13-30-32-24-25-33-31-20-9-10-21-37(31)41(36-23-12-17-27-15-6-8-19-29(27)36)39(33)38(32)40(34(30)4-2)35-22-11-16-26-14-5-7-18-28(26)35/h3-25H,2H2,1H3/b13-3-. The molecule has 0 aliphatic carbocycles. The number of benzene rings is 6. The lowest BCUT2D eigenvalue weighted by molar-refractivity contribution is 1.11. The Morgan fingerprint density at radius 2 is 1.05 bits per heavy atom. The van der Waals surface area contributed by atoms with Crippen molar-refractivity contribution in [3.63, 3.8) is 0 Å². The van der Waals surface area contributed by atoms with Crippen LogP contribution in [-0.4, -0.2) is 9.13 Å². The van der Waals surface area contributed by atoms with Crippen LogP contribution >= 0.6 is 0 Å². The third-order valence-electron chi connectivity index (χ3n) is 8.38. The van der Waals surface area contributed by atoms with Gasteiger partial charge in [0.1, 0.15) is 0 Å². The summed E-state index contributed by atoms with van der Waals surface area (Å²) < 4.78 is 4.91. The van der Waals surface area contributed by atoms with Crippen molar-refractivity contribution in [2.75, 3.05) is 0 Å². The van der Waals surface area contributed by atoms with Crippen molar-refractivity contribution >= 4 is 66.4 Å². The van der Waals surface area contributed by atoms with E-state index in [4.69, 9.17) is 0 Å². The first-order valence-electron chi connectivity index (χ1n) is 14.1. The first-order chi connectivity index (χ1) is 20.3. The second-order valence-electron chi connectivity index (χ2n) is 10.5. The molecule has 0 unspecified atom stereocenters. The first-order valence-corrected chi connectivity index (χ1v) is 14.1. The minimum absolute atomic E-state index is 1.09. The van der Waals surface area contributed by atoms with Gasteiger partial charge < -0.3 is 9.13 Å². The molecule has 2 heteroatoms. The second kappa shape index (κ2) is 9.11. The van der Waals surface area contributed by atoms with E-state index in [1.54, 1.807) is 0 Å². The van der Waals surface area contributed by atoms with Gasteiger partial charge >= 0.3 is 0 Å². The minimum atomic E-state index is 1.09. The fourth-order valence-corrected chi connectivity index (χ4v) is 6.71. The summed E-state index contributed by atoms with van der Waals surface area (Å²) in [4.78, 5) is 0. The van der Waals surface area contributed by atoms with Crippen LogP contribution in [0.4, 0.5) is 0 Å². The molecule has 8 rings (SSSR count). The summed E-state index contributed by atoms with van der Waals surface area (Å²) in [6.07, 6.45) is 6.35. The van der Waals surface area contributed by atoms with E-state index >= 15 is 0 Å². The molecule has 0 saturated heterocycles. The summed E-state index contributed by atoms with van der Waals surface area (Å²) in [5, 5.41) is 8.59. The molecule has 194 valence electrons. The Kier molecular flexibility index (Phi) is 5.23. The maximum absolute atomic E-state index is 4.32. The lowest BCUT2D eigenvalue weighted by Gasteiger charge is -2.16. The van der Waals surface area contributed by atoms with E-state index in [1.807, 2.05) is 6.08 Å². The van der Waals surface area contributed by atoms with Crippen LogP contribution < -0.4 is 0 Å². The zero-order valence-electron chi connectivity index (χ0n) is 22.9. The van der Waals surface area contributed by atoms with Gasteiger partial charge in [-0.25, -0.2) is 0 Å². The SMILES string of the molecule is C=Cc1c(/C=C\C)c2ccc3c4ccccc4n(-c4cccc5ccccc45)c3c2n1-c1cccc2ccccc12. The zero-order chi connectivity index (χ0) is 27.5. The molecule has 0 amide bonds. The Morgan fingerprint density at radius 3 is 1.71 bits per heavy atom. The molecule has 2 heterocycles. The number of rotatable bonds is 4. The van der Waals surface area contributed by atoms with Crippen LogP contribution in [0.2, 0.25) is 0 Å². The van der Waals surface area contributed by atoms with Gasteiger partial charge in [0, 0.05) is 32.5 Å². The van der Waals surface area contributed by atoms with E-state index < -0.39 is 0 Å². The monoisotopic (exact) mass is 524 g/mol. The van der Waals surface area contributed by atoms with Crippen molar-refractivity contribution in [3.05, 3.63) is 145 Å². The number of hydrogen-bond donors (Lipinski definition) is 0. The van der Waals surface area contributed by atoms with Gasteiger partial charge in [-0.1, -0.05) is 122 Å². The number of para-hydroxylation sites is 1. The van der Waals surface area contributed by atoms with E-state index in [1.165, 1.54) is 65.5 Å². The lowest BCUT2D eigenvalue weighted by atomic mass is 10.1. The van der Waals surface area contributed by atoms with E-state index in [2.05, 4.69) is 156 Å². The first kappa shape index (κ1) is 23.5. The third kappa shape index (κ3) is 3.31. The molecule has 0 radical (unpaired) electrons. The van der Waals surface area contributed by atoms with Crippen molar-refractivity contribution in [3.8, 4) is 11.4 Å². The molecule has 0 atom stereocenters. The highest BCUT2D eigenvalue weighted by atomic mass is 15.1. The van der Waals surface area contributed by atoms with Crippen LogP contribution in [0.5, 0.6) is 0 Å². The molecule has 6 aromatic carbocycles. The molecule has 2 nitrogen and oxygen atoms in total. The normalized spacial score (nSPS) is 12.0. The van der Waals surface area contributed by atoms with Crippen molar-refractivity contribution < 1.29 is 0 Å². The second-order valence-corrected chi connectivity index (χ2v) is 10.5. The number of nitrogens with zero attached hydrogens (tertiary/aromatic N) is 2. The molecule has 0 saturated carbocycles. The molecule has 0 N–H and O–H groups in total. The van der Waals surface area contributed by atoms with Gasteiger partial charge in [-0.3, -0.25) is 0 Å². The van der Waals surface area contributed by atoms with Crippen LogP contribution in [0.25, 0.3) is 77.8 Å². The van der Waals surface area contributed by atoms with E-state index in [0.717, 1.165) is 11.4 Å². The average molecular weight is 525 g/mol. The number of allylic oxidation sites excluding steroid dienone is 1. The summed E-state index contributed by atoms with van der Waals surface area (Å²) in [6.45, 7) is 6.40. The van der Waals surface area contributed by atoms with Gasteiger partial charge in [0.15, 0.2) is 0 Å². The summed E-state index contributed by atoms with van der Waals surface area (Å²) in [7, 11) is 0. The molecule has 8 aromatic rings. The van der Waals surface area contributed by atoms with Crippen LogP contribution in [0, 0.1) is 0 Å². The predicted octanol–water partition coefficient (Wildman–Crippen LogP) is 10.7. The van der Waals surface area contributed by atoms with Crippen LogP contribution in [-0.2, 0) is 0 Å². The molecule has 0 aliphatic heterocycles. The third-order valence-corrected chi connectivity index (χ3v) is 8.38. The summed E-state index contributed by atoms with van der Waals surface area (Å²) in [5.41, 5.74) is 8.20. The van der Waals surface area contributed by atoms with Crippen LogP contribution in [0.1, 0.15) is 18.2 Å². The van der Waals surface area contributed by atoms with Crippen molar-refractivity contribution in [1.82, 2.24) is 9.13 Å². The zero-order valence-corrected chi connectivity index (χ0v) is 22.9. The van der Waals surface area contributed by atoms with Crippen molar-refractivity contribution in [2.24, 2.45) is 0 Å². The number of fused-ring (bicyclic) bond motifs is 7. The molecular formula is C39H28N2. The maximum Gasteiger partial charge on any atom is 0.0789 e. The largest absolute Gasteiger partial charge is 0.307 e. The molecule has 0 bridgehead atoms. The summed E-state index contributed by atoms with van der Waals surface area (Å²) in [5.74, 6) is 0. The van der Waals surface area contributed by atoms with Gasteiger partial charge in [-0.2, -0.15) is 0 Å². The topological polar surface area (TPSA) is 9.86 Å². The molecule has 2 aromatic heterocycles. The predicted molar refractivity (Wildman–Crippen MR) is 177 cm³/mol. The fraction of sp³-hybridized carbons (Fsp3) is 0.0256. The molecule has 0 aliphatic rings. The average Bonchev–Trinajstić information content (AvgIpc) is 3.53. The summed E-state index contributed by atoms with van der Waals surface area (Å²) >= 11 is 0. The van der Waals surface area contributed by atoms with Crippen molar-refractivity contribution in [1.29, 1.82) is 0 Å². The Morgan fingerprint density at radius 1 is 0.512 bits per heavy atom. The molecule has 0 spiro atoms. The Balaban J connectivity index is 1.67. The Labute approximate surface area is 238 Å². The highest BCUT2D eigenvalue weighted by molar-refractivity contribution is 6.20. The maximum atomic E-state index is 4.32. The van der Waals surface area contributed by atoms with Crippen LogP contribution in [0.15, 0.2) is 134 Å². The van der Waals surface area contributed by atoms with E-state index in [-0.39, 0.29) is 0 Å². The van der Waals surface area contributed by atoms with Gasteiger partial charge in [-0.15, -0.1) is 0 Å². The minimum Gasteiger partial charge on any atom is -0.307 e. The highest BCUT2D eigenvalue weighted by Gasteiger charge is 2.23. The van der Waals surface area contributed by atoms with Gasteiger partial charge in [0.05, 0.1) is 33.6 Å². The Bertz CT molecular complexity index is 2330. The number of aromatic nitrogens is 2. The molecular weight excluding hydrogens is 496 g/mol. The quantitative estimate of drug-likeness (QED) is 0.217. The van der Waals surface area contributed by atoms with Gasteiger partial charge in [0.2, 0.25) is 0 Å². The molecule has 0 fully saturated rings. The van der Waals surface area contributed by atoms with Gasteiger partial charge in [0.25, 0.3) is 0 Å². The van der Waals surface area contributed by atoms with Crippen molar-refractivity contribution in [2.45, 2.75) is 6.92 Å². The smallest absolute Gasteiger partial charge is 0.0789 e. The Hall–Kier alpha value is -5.34. The fourth-order valence-electron chi connectivity index (χ4n) is 6.71. The van der Waals surface area contributed by atoms with E-state index in [9.17, 15) is 0 Å². The van der Waals surface area contributed by atoms with Crippen LogP contribution in [0.3, 0.4) is 0 Å². The number of hydrogen-bond acceptors (Lipinski definition) is 0. The summed E-state index contributed by atoms with van der Waals surface area (Å²) in [6, 6.07) is 43.9. The lowest BCUT2D eigenvalue weighted by Crippen LogP contribution is -2.01. The highest BCUT2D eigenvalue weighted by Crippen LogP contribution is 2.43. The van der Waals surface area contributed by atoms with E-state index in [0.29, 0.717) is 0 Å².